The van der Waals surface area contributed by atoms with E-state index in [1.165, 1.54) is 4.91 Å². The first-order valence-corrected chi connectivity index (χ1v) is 3.90. The van der Waals surface area contributed by atoms with Gasteiger partial charge >= 0.3 is 0 Å². The minimum absolute atomic E-state index is 1.10. The Hall–Kier alpha value is -0.170. The lowest BCUT2D eigenvalue weighted by Crippen LogP contribution is -1.78. The summed E-state index contributed by atoms with van der Waals surface area (Å²) in [6.07, 6.45) is 11.9. The van der Waals surface area contributed by atoms with Gasteiger partial charge < -0.3 is 0 Å². The first-order chi connectivity index (χ1) is 3.93. The van der Waals surface area contributed by atoms with Crippen LogP contribution in [0.2, 0.25) is 0 Å². The molecule has 43 valence electrons. The van der Waals surface area contributed by atoms with Crippen LogP contribution in [0.15, 0.2) is 23.1 Å². The Morgan fingerprint density at radius 1 is 1.62 bits per heavy atom. The minimum atomic E-state index is 1.10. The Labute approximate surface area is 54.7 Å². The smallest absolute Gasteiger partial charge is 0.00291 e. The van der Waals surface area contributed by atoms with Crippen molar-refractivity contribution in [3.05, 3.63) is 29.6 Å². The van der Waals surface area contributed by atoms with Gasteiger partial charge in [-0.15, -0.1) is 11.8 Å². The number of rotatable bonds is 1. The molecule has 0 atom stereocenters. The lowest BCUT2D eigenvalue weighted by atomic mass is 10.2. The van der Waals surface area contributed by atoms with Crippen molar-refractivity contribution >= 4 is 11.8 Å². The van der Waals surface area contributed by atoms with Gasteiger partial charge in [-0.05, 0) is 19.1 Å². The standard InChI is InChI=1S/C7H9S/c1-8-7-5-3-2-4-6-7/h3-6H,2H2,1H3. The van der Waals surface area contributed by atoms with Crippen LogP contribution in [0.4, 0.5) is 0 Å². The molecule has 0 saturated heterocycles. The summed E-state index contributed by atoms with van der Waals surface area (Å²) in [7, 11) is 0. The van der Waals surface area contributed by atoms with Gasteiger partial charge in [0.25, 0.3) is 0 Å². The Morgan fingerprint density at radius 2 is 2.50 bits per heavy atom. The van der Waals surface area contributed by atoms with E-state index in [1.807, 2.05) is 0 Å². The summed E-state index contributed by atoms with van der Waals surface area (Å²) in [5.41, 5.74) is 0. The summed E-state index contributed by atoms with van der Waals surface area (Å²) < 4.78 is 0. The van der Waals surface area contributed by atoms with Gasteiger partial charge in [-0.1, -0.05) is 18.2 Å². The van der Waals surface area contributed by atoms with Crippen molar-refractivity contribution in [2.45, 2.75) is 6.42 Å². The number of hydrogen-bond acceptors (Lipinski definition) is 1. The van der Waals surface area contributed by atoms with Gasteiger partial charge in [0, 0.05) is 4.91 Å². The highest BCUT2D eigenvalue weighted by molar-refractivity contribution is 8.02. The largest absolute Gasteiger partial charge is 0.130 e. The first-order valence-electron chi connectivity index (χ1n) is 2.67. The van der Waals surface area contributed by atoms with Crippen molar-refractivity contribution in [1.29, 1.82) is 0 Å². The van der Waals surface area contributed by atoms with Crippen LogP contribution in [-0.2, 0) is 0 Å². The molecule has 8 heavy (non-hydrogen) atoms. The molecule has 1 heteroatoms. The molecule has 0 unspecified atom stereocenters. The van der Waals surface area contributed by atoms with E-state index in [9.17, 15) is 0 Å². The summed E-state index contributed by atoms with van der Waals surface area (Å²) in [5.74, 6) is 0. The molecule has 0 N–H and O–H groups in total. The van der Waals surface area contributed by atoms with Gasteiger partial charge in [-0.3, -0.25) is 0 Å². The molecule has 0 spiro atoms. The van der Waals surface area contributed by atoms with Gasteiger partial charge in [0.15, 0.2) is 0 Å². The van der Waals surface area contributed by atoms with Gasteiger partial charge in [0.2, 0.25) is 0 Å². The van der Waals surface area contributed by atoms with Crippen LogP contribution in [0, 0.1) is 6.42 Å². The summed E-state index contributed by atoms with van der Waals surface area (Å²) >= 11 is 1.79. The van der Waals surface area contributed by atoms with Gasteiger partial charge in [-0.2, -0.15) is 0 Å². The average molecular weight is 125 g/mol. The highest BCUT2D eigenvalue weighted by atomic mass is 32.2. The summed E-state index contributed by atoms with van der Waals surface area (Å²) in [6.45, 7) is 0. The molecule has 0 saturated carbocycles. The Morgan fingerprint density at radius 3 is 2.88 bits per heavy atom. The highest BCUT2D eigenvalue weighted by Crippen LogP contribution is 2.17. The van der Waals surface area contributed by atoms with Crippen molar-refractivity contribution < 1.29 is 0 Å². The first kappa shape index (κ1) is 5.96. The van der Waals surface area contributed by atoms with E-state index in [0.29, 0.717) is 0 Å². The van der Waals surface area contributed by atoms with E-state index >= 15 is 0 Å². The second-order valence-corrected chi connectivity index (χ2v) is 2.53. The molecule has 1 rings (SSSR count). The summed E-state index contributed by atoms with van der Waals surface area (Å²) in [6, 6.07) is 0. The fourth-order valence-electron chi connectivity index (χ4n) is 0.639. The third-order valence-electron chi connectivity index (χ3n) is 1.07. The van der Waals surface area contributed by atoms with E-state index in [0.717, 1.165) is 6.42 Å². The van der Waals surface area contributed by atoms with Crippen LogP contribution in [0.1, 0.15) is 6.42 Å². The maximum Gasteiger partial charge on any atom is 0.00291 e. The molecule has 0 aromatic heterocycles. The lowest BCUT2D eigenvalue weighted by Gasteiger charge is -2.00. The maximum atomic E-state index is 2.17. The zero-order valence-electron chi connectivity index (χ0n) is 4.92. The van der Waals surface area contributed by atoms with Crippen molar-refractivity contribution in [2.75, 3.05) is 6.26 Å². The molecule has 1 aliphatic carbocycles. The molecule has 0 nitrogen and oxygen atoms in total. The van der Waals surface area contributed by atoms with Crippen LogP contribution in [0.3, 0.4) is 0 Å². The van der Waals surface area contributed by atoms with Gasteiger partial charge in [0.05, 0.1) is 0 Å². The zero-order chi connectivity index (χ0) is 5.82. The molecule has 1 aliphatic rings. The SMILES string of the molecule is CSC1=C[CH]CC=C1. The molecule has 0 amide bonds. The molecular formula is C7H9S. The summed E-state index contributed by atoms with van der Waals surface area (Å²) in [4.78, 5) is 1.36. The number of allylic oxidation sites excluding steroid dienone is 3. The fourth-order valence-corrected chi connectivity index (χ4v) is 1.10. The van der Waals surface area contributed by atoms with E-state index in [2.05, 4.69) is 30.9 Å². The Kier molecular flexibility index (Phi) is 2.22. The number of thioether (sulfide) groups is 1. The molecule has 0 aromatic carbocycles. The highest BCUT2D eigenvalue weighted by Gasteiger charge is 1.91. The van der Waals surface area contributed by atoms with E-state index in [1.54, 1.807) is 11.8 Å². The Balaban J connectivity index is 2.51. The van der Waals surface area contributed by atoms with Crippen molar-refractivity contribution in [3.8, 4) is 0 Å². The van der Waals surface area contributed by atoms with Crippen LogP contribution < -0.4 is 0 Å². The second kappa shape index (κ2) is 2.98. The van der Waals surface area contributed by atoms with Crippen LogP contribution in [0.5, 0.6) is 0 Å². The molecule has 0 bridgehead atoms. The van der Waals surface area contributed by atoms with E-state index in [4.69, 9.17) is 0 Å². The zero-order valence-corrected chi connectivity index (χ0v) is 5.74. The third-order valence-corrected chi connectivity index (χ3v) is 1.82. The van der Waals surface area contributed by atoms with Crippen LogP contribution >= 0.6 is 11.8 Å². The van der Waals surface area contributed by atoms with Crippen molar-refractivity contribution in [1.82, 2.24) is 0 Å². The van der Waals surface area contributed by atoms with E-state index < -0.39 is 0 Å². The quantitative estimate of drug-likeness (QED) is 0.518. The average Bonchev–Trinajstić information content (AvgIpc) is 1.90. The topological polar surface area (TPSA) is 0 Å². The lowest BCUT2D eigenvalue weighted by molar-refractivity contribution is 1.26. The minimum Gasteiger partial charge on any atom is -0.130 e. The molecule has 0 aromatic rings. The van der Waals surface area contributed by atoms with E-state index in [-0.39, 0.29) is 0 Å². The third kappa shape index (κ3) is 1.41. The van der Waals surface area contributed by atoms with Crippen molar-refractivity contribution in [3.63, 3.8) is 0 Å². The number of hydrogen-bond donors (Lipinski definition) is 0. The molecule has 0 fully saturated rings. The fraction of sp³-hybridized carbons (Fsp3) is 0.286. The van der Waals surface area contributed by atoms with Gasteiger partial charge in [0.1, 0.15) is 0 Å². The van der Waals surface area contributed by atoms with Crippen LogP contribution in [-0.4, -0.2) is 6.26 Å². The predicted molar refractivity (Wildman–Crippen MR) is 39.7 cm³/mol. The second-order valence-electron chi connectivity index (χ2n) is 1.65. The Bertz CT molecular complexity index is 122. The molecular weight excluding hydrogens is 116 g/mol. The molecule has 1 radical (unpaired) electrons. The maximum absolute atomic E-state index is 2.17. The molecule has 0 heterocycles. The predicted octanol–water partition coefficient (Wildman–Crippen LogP) is 2.40. The van der Waals surface area contributed by atoms with Gasteiger partial charge in [-0.25, -0.2) is 0 Å². The molecule has 0 aliphatic heterocycles. The monoisotopic (exact) mass is 125 g/mol. The summed E-state index contributed by atoms with van der Waals surface area (Å²) in [5, 5.41) is 0. The normalized spacial score (nSPS) is 18.4. The van der Waals surface area contributed by atoms with Crippen LogP contribution in [0.25, 0.3) is 0 Å². The van der Waals surface area contributed by atoms with Crippen molar-refractivity contribution in [2.24, 2.45) is 0 Å².